The van der Waals surface area contributed by atoms with Crippen molar-refractivity contribution < 1.29 is 22.7 Å². The smallest absolute Gasteiger partial charge is 0.256 e. The minimum atomic E-state index is -1.49. The van der Waals surface area contributed by atoms with E-state index in [-0.39, 0.29) is 29.7 Å². The molecule has 1 fully saturated rings. The van der Waals surface area contributed by atoms with E-state index in [0.717, 1.165) is 42.7 Å². The molecule has 4 heterocycles. The van der Waals surface area contributed by atoms with Gasteiger partial charge in [-0.3, -0.25) is 14.5 Å². The van der Waals surface area contributed by atoms with Crippen molar-refractivity contribution >= 4 is 5.91 Å². The number of hydrogen-bond donors (Lipinski definition) is 0. The number of amides is 1. The highest BCUT2D eigenvalue weighted by Crippen LogP contribution is 2.45. The summed E-state index contributed by atoms with van der Waals surface area (Å²) in [5, 5.41) is 4.66. The molecule has 0 radical (unpaired) electrons. The number of benzene rings is 1. The Morgan fingerprint density at radius 3 is 2.56 bits per heavy atom. The second-order valence-electron chi connectivity index (χ2n) is 9.18. The molecule has 2 aliphatic heterocycles. The molecule has 1 saturated heterocycles. The monoisotopic (exact) mass is 470 g/mol. The summed E-state index contributed by atoms with van der Waals surface area (Å²) in [5.74, 6) is -3.59. The largest absolute Gasteiger partial charge is 0.489 e. The first-order chi connectivity index (χ1) is 16.2. The predicted octanol–water partition coefficient (Wildman–Crippen LogP) is 4.98. The molecule has 0 aliphatic carbocycles. The van der Waals surface area contributed by atoms with Gasteiger partial charge in [-0.05, 0) is 57.7 Å². The highest BCUT2D eigenvalue weighted by Gasteiger charge is 2.43. The van der Waals surface area contributed by atoms with Gasteiger partial charge in [0.05, 0.1) is 35.3 Å². The van der Waals surface area contributed by atoms with Gasteiger partial charge < -0.3 is 9.64 Å². The number of carbonyl (C=O) groups excluding carboxylic acids is 1. The molecule has 2 atom stereocenters. The number of nitrogens with zero attached hydrogens (tertiary/aromatic N) is 4. The zero-order valence-electron chi connectivity index (χ0n) is 19.2. The molecule has 34 heavy (non-hydrogen) atoms. The summed E-state index contributed by atoms with van der Waals surface area (Å²) in [4.78, 5) is 19.6. The van der Waals surface area contributed by atoms with E-state index in [0.29, 0.717) is 23.4 Å². The lowest BCUT2D eigenvalue weighted by Crippen LogP contribution is -2.49. The molecule has 6 nitrogen and oxygen atoms in total. The van der Waals surface area contributed by atoms with E-state index in [4.69, 9.17) is 4.74 Å². The van der Waals surface area contributed by atoms with Crippen molar-refractivity contribution in [2.45, 2.75) is 57.7 Å². The number of pyridine rings is 1. The van der Waals surface area contributed by atoms with E-state index in [9.17, 15) is 18.0 Å². The van der Waals surface area contributed by atoms with E-state index in [1.54, 1.807) is 24.0 Å². The van der Waals surface area contributed by atoms with Crippen LogP contribution in [0.2, 0.25) is 0 Å². The van der Waals surface area contributed by atoms with Crippen molar-refractivity contribution in [3.8, 4) is 17.0 Å². The van der Waals surface area contributed by atoms with Crippen molar-refractivity contribution in [2.75, 3.05) is 0 Å². The maximum absolute atomic E-state index is 14.0. The van der Waals surface area contributed by atoms with Crippen LogP contribution in [-0.4, -0.2) is 37.7 Å². The summed E-state index contributed by atoms with van der Waals surface area (Å²) in [7, 11) is 1.69. The van der Waals surface area contributed by atoms with Crippen LogP contribution in [0.4, 0.5) is 13.2 Å². The molecule has 3 aromatic rings. The molecule has 1 amide bonds. The number of fused-ring (bicyclic) bond motifs is 4. The van der Waals surface area contributed by atoms with Crippen molar-refractivity contribution in [3.05, 3.63) is 64.9 Å². The molecule has 9 heteroatoms. The summed E-state index contributed by atoms with van der Waals surface area (Å²) in [6, 6.07) is 3.34. The molecule has 2 aliphatic rings. The molecular formula is C25H25F3N4O2. The van der Waals surface area contributed by atoms with Crippen LogP contribution in [0, 0.1) is 17.5 Å². The Labute approximate surface area is 195 Å². The molecule has 178 valence electrons. The number of carbonyl (C=O) groups is 1. The van der Waals surface area contributed by atoms with E-state index >= 15 is 0 Å². The van der Waals surface area contributed by atoms with Crippen molar-refractivity contribution in [2.24, 2.45) is 7.05 Å². The molecule has 1 aromatic carbocycles. The highest BCUT2D eigenvalue weighted by atomic mass is 19.2. The van der Waals surface area contributed by atoms with Gasteiger partial charge in [-0.1, -0.05) is 0 Å². The van der Waals surface area contributed by atoms with E-state index in [1.807, 2.05) is 18.7 Å². The summed E-state index contributed by atoms with van der Waals surface area (Å²) < 4.78 is 48.8. The summed E-state index contributed by atoms with van der Waals surface area (Å²) in [5.41, 5.74) is 2.78. The molecule has 5 rings (SSSR count). The van der Waals surface area contributed by atoms with Gasteiger partial charge in [-0.25, -0.2) is 13.2 Å². The third-order valence-electron chi connectivity index (χ3n) is 6.50. The molecular weight excluding hydrogens is 445 g/mol. The fourth-order valence-corrected chi connectivity index (χ4v) is 5.22. The molecule has 2 aromatic heterocycles. The third kappa shape index (κ3) is 3.73. The van der Waals surface area contributed by atoms with Crippen LogP contribution in [0.5, 0.6) is 5.75 Å². The number of hydrogen-bond acceptors (Lipinski definition) is 4. The number of rotatable bonds is 4. The van der Waals surface area contributed by atoms with Crippen LogP contribution in [0.3, 0.4) is 0 Å². The van der Waals surface area contributed by atoms with E-state index in [2.05, 4.69) is 10.1 Å². The topological polar surface area (TPSA) is 60.2 Å². The standard InChI is InChI=1S/C25H25F3N4O2/c1-13(2)34-17-7-15(11-29-12-17)25(33)32-16-5-4-6-21(32)23-18(10-16)24(31(3)30-23)14-8-19(26)22(28)20(27)9-14/h7-9,11-13,16,21H,4-6,10H2,1-3H3. The lowest BCUT2D eigenvalue weighted by Gasteiger charge is -2.45. The fraction of sp³-hybridized carbons (Fsp3) is 0.400. The SMILES string of the molecule is CC(C)Oc1cncc(C(=O)N2C3CCCC2c2nn(C)c(-c4cc(F)c(F)c(F)c4)c2C3)c1. The maximum atomic E-state index is 14.0. The lowest BCUT2D eigenvalue weighted by molar-refractivity contribution is 0.0391. The maximum Gasteiger partial charge on any atom is 0.256 e. The summed E-state index contributed by atoms with van der Waals surface area (Å²) >= 11 is 0. The van der Waals surface area contributed by atoms with E-state index < -0.39 is 17.5 Å². The molecule has 2 bridgehead atoms. The Bertz CT molecular complexity index is 1250. The molecule has 0 spiro atoms. The second kappa shape index (κ2) is 8.45. The highest BCUT2D eigenvalue weighted by molar-refractivity contribution is 5.95. The number of piperidine rings is 1. The number of aromatic nitrogens is 3. The van der Waals surface area contributed by atoms with Gasteiger partial charge in [0.25, 0.3) is 5.91 Å². The average molecular weight is 470 g/mol. The Morgan fingerprint density at radius 1 is 1.12 bits per heavy atom. The van der Waals surface area contributed by atoms with Gasteiger partial charge in [0, 0.05) is 30.4 Å². The first-order valence-corrected chi connectivity index (χ1v) is 11.4. The summed E-state index contributed by atoms with van der Waals surface area (Å²) in [6.45, 7) is 3.81. The van der Waals surface area contributed by atoms with Crippen molar-refractivity contribution in [1.29, 1.82) is 0 Å². The van der Waals surface area contributed by atoms with E-state index in [1.165, 1.54) is 6.20 Å². The third-order valence-corrected chi connectivity index (χ3v) is 6.50. The molecule has 0 saturated carbocycles. The van der Waals surface area contributed by atoms with Crippen LogP contribution < -0.4 is 4.74 Å². The zero-order chi connectivity index (χ0) is 24.1. The first-order valence-electron chi connectivity index (χ1n) is 11.4. The minimum Gasteiger partial charge on any atom is -0.489 e. The van der Waals surface area contributed by atoms with Crippen LogP contribution in [0.25, 0.3) is 11.3 Å². The molecule has 2 unspecified atom stereocenters. The zero-order valence-corrected chi connectivity index (χ0v) is 19.2. The number of aryl methyl sites for hydroxylation is 1. The van der Waals surface area contributed by atoms with Gasteiger partial charge >= 0.3 is 0 Å². The Hall–Kier alpha value is -3.36. The van der Waals surface area contributed by atoms with Gasteiger partial charge in [0.1, 0.15) is 5.75 Å². The summed E-state index contributed by atoms with van der Waals surface area (Å²) in [6.07, 6.45) is 6.05. The second-order valence-corrected chi connectivity index (χ2v) is 9.18. The average Bonchev–Trinajstić information content (AvgIpc) is 3.11. The molecule has 0 N–H and O–H groups in total. The van der Waals surface area contributed by atoms with Crippen LogP contribution >= 0.6 is 0 Å². The van der Waals surface area contributed by atoms with Crippen molar-refractivity contribution in [3.63, 3.8) is 0 Å². The van der Waals surface area contributed by atoms with Crippen LogP contribution in [0.15, 0.2) is 30.6 Å². The number of ether oxygens (including phenoxy) is 1. The van der Waals surface area contributed by atoms with Gasteiger partial charge in [-0.15, -0.1) is 0 Å². The Kier molecular flexibility index (Phi) is 5.58. The Balaban J connectivity index is 1.54. The normalized spacial score (nSPS) is 19.3. The van der Waals surface area contributed by atoms with Gasteiger partial charge in [0.2, 0.25) is 0 Å². The van der Waals surface area contributed by atoms with Gasteiger partial charge in [0.15, 0.2) is 17.5 Å². The van der Waals surface area contributed by atoms with Gasteiger partial charge in [-0.2, -0.15) is 5.10 Å². The van der Waals surface area contributed by atoms with Crippen molar-refractivity contribution in [1.82, 2.24) is 19.7 Å². The predicted molar refractivity (Wildman–Crippen MR) is 119 cm³/mol. The Morgan fingerprint density at radius 2 is 1.85 bits per heavy atom. The quantitative estimate of drug-likeness (QED) is 0.505. The number of halogens is 3. The minimum absolute atomic E-state index is 0.0443. The first kappa shape index (κ1) is 22.4. The fourth-order valence-electron chi connectivity index (χ4n) is 5.22. The lowest BCUT2D eigenvalue weighted by atomic mass is 9.81. The van der Waals surface area contributed by atoms with Crippen LogP contribution in [0.1, 0.15) is 60.8 Å². The van der Waals surface area contributed by atoms with Crippen LogP contribution in [-0.2, 0) is 13.5 Å².